The van der Waals surface area contributed by atoms with Crippen molar-refractivity contribution in [2.75, 3.05) is 0 Å². The average molecular weight is 268 g/mol. The van der Waals surface area contributed by atoms with Crippen molar-refractivity contribution >= 4 is 5.78 Å². The maximum atomic E-state index is 13.5. The second kappa shape index (κ2) is 4.84. The number of halogens is 4. The molecule has 0 radical (unpaired) electrons. The predicted molar refractivity (Wildman–Crippen MR) is 60.9 cm³/mol. The van der Waals surface area contributed by atoms with E-state index in [1.165, 1.54) is 6.92 Å². The number of hydrogen-bond acceptors (Lipinski definition) is 1. The summed E-state index contributed by atoms with van der Waals surface area (Å²) in [5.74, 6) is -4.78. The van der Waals surface area contributed by atoms with Crippen molar-refractivity contribution in [3.8, 4) is 0 Å². The molecule has 2 aromatic rings. The van der Waals surface area contributed by atoms with Gasteiger partial charge in [-0.15, -0.1) is 0 Å². The van der Waals surface area contributed by atoms with E-state index >= 15 is 0 Å². The molecule has 0 fully saturated rings. The molecular weight excluding hydrogens is 260 g/mol. The second-order valence-electron chi connectivity index (χ2n) is 4.03. The Morgan fingerprint density at radius 3 is 2.11 bits per heavy atom. The van der Waals surface area contributed by atoms with E-state index in [2.05, 4.69) is 0 Å². The van der Waals surface area contributed by atoms with Crippen LogP contribution in [-0.2, 0) is 0 Å². The lowest BCUT2D eigenvalue weighted by Crippen LogP contribution is -2.08. The zero-order valence-corrected chi connectivity index (χ0v) is 9.81. The third kappa shape index (κ3) is 2.50. The molecule has 0 bridgehead atoms. The highest BCUT2D eigenvalue weighted by atomic mass is 19.1. The molecule has 0 heterocycles. The number of carbonyl (C=O) groups excluding carboxylic acids is 1. The van der Waals surface area contributed by atoms with Crippen molar-refractivity contribution in [1.29, 1.82) is 0 Å². The third-order valence-corrected chi connectivity index (χ3v) is 2.67. The molecule has 5 heteroatoms. The van der Waals surface area contributed by atoms with Gasteiger partial charge in [-0.25, -0.2) is 17.6 Å². The first-order valence-corrected chi connectivity index (χ1v) is 5.35. The van der Waals surface area contributed by atoms with E-state index in [1.54, 1.807) is 0 Å². The summed E-state index contributed by atoms with van der Waals surface area (Å²) < 4.78 is 52.8. The Morgan fingerprint density at radius 2 is 1.47 bits per heavy atom. The Labute approximate surface area is 106 Å². The molecule has 0 spiro atoms. The fourth-order valence-electron chi connectivity index (χ4n) is 1.65. The largest absolute Gasteiger partial charge is 0.288 e. The number of rotatable bonds is 2. The first-order valence-electron chi connectivity index (χ1n) is 5.35. The van der Waals surface area contributed by atoms with Crippen LogP contribution >= 0.6 is 0 Å². The lowest BCUT2D eigenvalue weighted by Gasteiger charge is -2.06. The van der Waals surface area contributed by atoms with Gasteiger partial charge < -0.3 is 0 Å². The SMILES string of the molecule is Cc1cc(C(=O)c2ccc(F)cc2F)c(F)cc1F. The molecule has 0 atom stereocenters. The van der Waals surface area contributed by atoms with Crippen LogP contribution in [-0.4, -0.2) is 5.78 Å². The molecule has 0 aromatic heterocycles. The van der Waals surface area contributed by atoms with Crippen molar-refractivity contribution < 1.29 is 22.4 Å². The Bertz CT molecular complexity index is 665. The van der Waals surface area contributed by atoms with Crippen LogP contribution in [0.4, 0.5) is 17.6 Å². The van der Waals surface area contributed by atoms with Crippen LogP contribution in [0.3, 0.4) is 0 Å². The topological polar surface area (TPSA) is 17.1 Å². The second-order valence-corrected chi connectivity index (χ2v) is 4.03. The molecule has 0 aliphatic carbocycles. The lowest BCUT2D eigenvalue weighted by atomic mass is 10.0. The molecule has 0 aliphatic rings. The maximum absolute atomic E-state index is 13.5. The number of aryl methyl sites for hydroxylation is 1. The standard InChI is InChI=1S/C14H8F4O/c1-7-4-10(13(18)6-11(7)16)14(19)9-3-2-8(15)5-12(9)17/h2-6H,1H3. The monoisotopic (exact) mass is 268 g/mol. The molecule has 0 unspecified atom stereocenters. The molecular formula is C14H8F4O. The van der Waals surface area contributed by atoms with Gasteiger partial charge in [-0.05, 0) is 30.7 Å². The molecule has 0 aliphatic heterocycles. The van der Waals surface area contributed by atoms with E-state index in [0.29, 0.717) is 12.1 Å². The van der Waals surface area contributed by atoms with Crippen LogP contribution < -0.4 is 0 Å². The number of benzene rings is 2. The average Bonchev–Trinajstić information content (AvgIpc) is 2.33. The van der Waals surface area contributed by atoms with Gasteiger partial charge in [0.2, 0.25) is 0 Å². The van der Waals surface area contributed by atoms with Crippen molar-refractivity contribution in [1.82, 2.24) is 0 Å². The first kappa shape index (κ1) is 13.3. The fourth-order valence-corrected chi connectivity index (χ4v) is 1.65. The summed E-state index contributed by atoms with van der Waals surface area (Å²) in [6, 6.07) is 3.90. The van der Waals surface area contributed by atoms with E-state index < -0.39 is 40.2 Å². The summed E-state index contributed by atoms with van der Waals surface area (Å²) in [6.07, 6.45) is 0. The van der Waals surface area contributed by atoms with E-state index in [9.17, 15) is 22.4 Å². The van der Waals surface area contributed by atoms with Crippen LogP contribution in [0.2, 0.25) is 0 Å². The minimum absolute atomic E-state index is 0.0623. The molecule has 0 amide bonds. The van der Waals surface area contributed by atoms with Gasteiger partial charge in [-0.1, -0.05) is 0 Å². The normalized spacial score (nSPS) is 10.6. The predicted octanol–water partition coefficient (Wildman–Crippen LogP) is 3.78. The van der Waals surface area contributed by atoms with Crippen LogP contribution in [0.5, 0.6) is 0 Å². The summed E-state index contributed by atoms with van der Waals surface area (Å²) >= 11 is 0. The summed E-state index contributed by atoms with van der Waals surface area (Å²) in [4.78, 5) is 11.9. The number of carbonyl (C=O) groups is 1. The molecule has 0 saturated carbocycles. The Hall–Kier alpha value is -2.17. The summed E-state index contributed by atoms with van der Waals surface area (Å²) in [5, 5.41) is 0. The highest BCUT2D eigenvalue weighted by Gasteiger charge is 2.19. The lowest BCUT2D eigenvalue weighted by molar-refractivity contribution is 0.103. The van der Waals surface area contributed by atoms with Gasteiger partial charge in [-0.3, -0.25) is 4.79 Å². The van der Waals surface area contributed by atoms with Gasteiger partial charge in [-0.2, -0.15) is 0 Å². The molecule has 19 heavy (non-hydrogen) atoms. The first-order chi connectivity index (χ1) is 8.90. The molecule has 2 aromatic carbocycles. The minimum atomic E-state index is -1.09. The van der Waals surface area contributed by atoms with Crippen molar-refractivity contribution in [3.05, 3.63) is 70.3 Å². The van der Waals surface area contributed by atoms with Crippen LogP contribution in [0.15, 0.2) is 30.3 Å². The van der Waals surface area contributed by atoms with Crippen molar-refractivity contribution in [2.45, 2.75) is 6.92 Å². The molecule has 98 valence electrons. The van der Waals surface area contributed by atoms with Gasteiger partial charge in [0.1, 0.15) is 23.3 Å². The van der Waals surface area contributed by atoms with Crippen molar-refractivity contribution in [3.63, 3.8) is 0 Å². The Kier molecular flexibility index (Phi) is 3.38. The van der Waals surface area contributed by atoms with Crippen molar-refractivity contribution in [2.24, 2.45) is 0 Å². The van der Waals surface area contributed by atoms with Crippen LogP contribution in [0.1, 0.15) is 21.5 Å². The quantitative estimate of drug-likeness (QED) is 0.598. The fraction of sp³-hybridized carbons (Fsp3) is 0.0714. The van der Waals surface area contributed by atoms with E-state index in [-0.39, 0.29) is 5.56 Å². The molecule has 0 saturated heterocycles. The van der Waals surface area contributed by atoms with Gasteiger partial charge in [0.15, 0.2) is 5.78 Å². The summed E-state index contributed by atoms with van der Waals surface area (Å²) in [7, 11) is 0. The molecule has 0 N–H and O–H groups in total. The van der Waals surface area contributed by atoms with E-state index in [4.69, 9.17) is 0 Å². The maximum Gasteiger partial charge on any atom is 0.198 e. The molecule has 2 rings (SSSR count). The highest BCUT2D eigenvalue weighted by molar-refractivity contribution is 6.09. The van der Waals surface area contributed by atoms with E-state index in [1.807, 2.05) is 0 Å². The van der Waals surface area contributed by atoms with Gasteiger partial charge in [0, 0.05) is 12.1 Å². The summed E-state index contributed by atoms with van der Waals surface area (Å²) in [5.41, 5.74) is -0.858. The van der Waals surface area contributed by atoms with Gasteiger partial charge in [0.05, 0.1) is 11.1 Å². The minimum Gasteiger partial charge on any atom is -0.288 e. The summed E-state index contributed by atoms with van der Waals surface area (Å²) in [6.45, 7) is 1.35. The Morgan fingerprint density at radius 1 is 0.842 bits per heavy atom. The highest BCUT2D eigenvalue weighted by Crippen LogP contribution is 2.20. The number of hydrogen-bond donors (Lipinski definition) is 0. The Balaban J connectivity index is 2.53. The van der Waals surface area contributed by atoms with E-state index in [0.717, 1.165) is 18.2 Å². The smallest absolute Gasteiger partial charge is 0.198 e. The zero-order chi connectivity index (χ0) is 14.2. The van der Waals surface area contributed by atoms with Gasteiger partial charge in [0.25, 0.3) is 0 Å². The third-order valence-electron chi connectivity index (χ3n) is 2.67. The number of ketones is 1. The van der Waals surface area contributed by atoms with Crippen LogP contribution in [0.25, 0.3) is 0 Å². The molecule has 1 nitrogen and oxygen atoms in total. The van der Waals surface area contributed by atoms with Crippen LogP contribution in [0, 0.1) is 30.2 Å². The van der Waals surface area contributed by atoms with Gasteiger partial charge >= 0.3 is 0 Å². The zero-order valence-electron chi connectivity index (χ0n) is 9.81.